The van der Waals surface area contributed by atoms with Crippen LogP contribution in [0.4, 0.5) is 23.2 Å². The van der Waals surface area contributed by atoms with Crippen LogP contribution in [-0.2, 0) is 0 Å². The van der Waals surface area contributed by atoms with Crippen LogP contribution >= 0.6 is 0 Å². The Morgan fingerprint density at radius 3 is 2.29 bits per heavy atom. The molecular formula is C13H15F4N3O. The van der Waals surface area contributed by atoms with Crippen LogP contribution in [0.3, 0.4) is 0 Å². The van der Waals surface area contributed by atoms with Crippen LogP contribution < -0.4 is 5.73 Å². The second-order valence-electron chi connectivity index (χ2n) is 4.96. The van der Waals surface area contributed by atoms with E-state index in [1.165, 1.54) is 15.9 Å². The van der Waals surface area contributed by atoms with Gasteiger partial charge in [0.25, 0.3) is 5.91 Å². The van der Waals surface area contributed by atoms with Crippen molar-refractivity contribution in [3.05, 3.63) is 29.6 Å². The predicted molar refractivity (Wildman–Crippen MR) is 69.2 cm³/mol. The third-order valence-electron chi connectivity index (χ3n) is 3.23. The van der Waals surface area contributed by atoms with E-state index in [2.05, 4.69) is 0 Å². The quantitative estimate of drug-likeness (QED) is 0.669. The Labute approximate surface area is 119 Å². The summed E-state index contributed by atoms with van der Waals surface area (Å²) in [4.78, 5) is 14.8. The number of hydrogen-bond acceptors (Lipinski definition) is 3. The van der Waals surface area contributed by atoms with Crippen molar-refractivity contribution >= 4 is 11.6 Å². The van der Waals surface area contributed by atoms with E-state index < -0.39 is 24.4 Å². The van der Waals surface area contributed by atoms with Crippen LogP contribution in [0.5, 0.6) is 0 Å². The van der Waals surface area contributed by atoms with E-state index in [1.807, 2.05) is 0 Å². The van der Waals surface area contributed by atoms with Gasteiger partial charge in [0.2, 0.25) is 0 Å². The van der Waals surface area contributed by atoms with Crippen LogP contribution in [0.25, 0.3) is 0 Å². The predicted octanol–water partition coefficient (Wildman–Crippen LogP) is 1.73. The van der Waals surface area contributed by atoms with Crippen molar-refractivity contribution in [2.75, 3.05) is 38.5 Å². The smallest absolute Gasteiger partial charge is 0.399 e. The molecule has 0 spiro atoms. The summed E-state index contributed by atoms with van der Waals surface area (Å²) in [5.41, 5.74) is 5.72. The summed E-state index contributed by atoms with van der Waals surface area (Å²) < 4.78 is 50.0. The molecule has 1 aliphatic heterocycles. The molecule has 1 aromatic carbocycles. The average Bonchev–Trinajstić information content (AvgIpc) is 2.35. The Morgan fingerprint density at radius 1 is 1.14 bits per heavy atom. The fraction of sp³-hybridized carbons (Fsp3) is 0.462. The number of piperazine rings is 1. The Morgan fingerprint density at radius 2 is 1.76 bits per heavy atom. The first kappa shape index (κ1) is 15.6. The standard InChI is InChI=1S/C13H15F4N3O/c14-10-5-9(6-11(18)7-10)12(21)20-3-1-19(2-4-20)8-13(15,16)17/h5-7H,1-4,8,18H2. The molecule has 1 saturated heterocycles. The van der Waals surface area contributed by atoms with Crippen molar-refractivity contribution in [2.24, 2.45) is 0 Å². The molecule has 116 valence electrons. The van der Waals surface area contributed by atoms with Gasteiger partial charge in [0.05, 0.1) is 6.54 Å². The number of benzene rings is 1. The van der Waals surface area contributed by atoms with Crippen LogP contribution in [-0.4, -0.2) is 54.6 Å². The maximum Gasteiger partial charge on any atom is 0.401 e. The molecule has 0 saturated carbocycles. The van der Waals surface area contributed by atoms with E-state index in [1.54, 1.807) is 0 Å². The lowest BCUT2D eigenvalue weighted by Crippen LogP contribution is -2.50. The number of halogens is 4. The summed E-state index contributed by atoms with van der Waals surface area (Å²) in [6.45, 7) is -0.370. The summed E-state index contributed by atoms with van der Waals surface area (Å²) in [6, 6.07) is 3.52. The molecule has 2 N–H and O–H groups in total. The molecule has 0 radical (unpaired) electrons. The average molecular weight is 305 g/mol. The topological polar surface area (TPSA) is 49.6 Å². The van der Waals surface area contributed by atoms with Gasteiger partial charge < -0.3 is 10.6 Å². The number of amides is 1. The number of nitrogens with two attached hydrogens (primary N) is 1. The van der Waals surface area contributed by atoms with E-state index in [9.17, 15) is 22.4 Å². The maximum absolute atomic E-state index is 13.2. The van der Waals surface area contributed by atoms with Gasteiger partial charge in [-0.25, -0.2) is 4.39 Å². The number of carbonyl (C=O) groups is 1. The molecular weight excluding hydrogens is 290 g/mol. The molecule has 0 aliphatic carbocycles. The molecule has 2 rings (SSSR count). The monoisotopic (exact) mass is 305 g/mol. The Kier molecular flexibility index (Phi) is 4.36. The van der Waals surface area contributed by atoms with E-state index in [0.29, 0.717) is 0 Å². The molecule has 1 aromatic rings. The highest BCUT2D eigenvalue weighted by Crippen LogP contribution is 2.19. The first-order valence-corrected chi connectivity index (χ1v) is 6.39. The van der Waals surface area contributed by atoms with Gasteiger partial charge in [-0.2, -0.15) is 13.2 Å². The zero-order valence-electron chi connectivity index (χ0n) is 11.2. The molecule has 21 heavy (non-hydrogen) atoms. The number of anilines is 1. The van der Waals surface area contributed by atoms with Gasteiger partial charge in [-0.1, -0.05) is 0 Å². The second kappa shape index (κ2) is 5.88. The lowest BCUT2D eigenvalue weighted by molar-refractivity contribution is -0.148. The molecule has 0 unspecified atom stereocenters. The third kappa shape index (κ3) is 4.32. The Balaban J connectivity index is 1.97. The molecule has 1 amide bonds. The summed E-state index contributed by atoms with van der Waals surface area (Å²) >= 11 is 0. The van der Waals surface area contributed by atoms with Crippen molar-refractivity contribution in [3.63, 3.8) is 0 Å². The SMILES string of the molecule is Nc1cc(F)cc(C(=O)N2CCN(CC(F)(F)F)CC2)c1. The number of alkyl halides is 3. The number of hydrogen-bond donors (Lipinski definition) is 1. The highest BCUT2D eigenvalue weighted by molar-refractivity contribution is 5.95. The first-order valence-electron chi connectivity index (χ1n) is 6.39. The minimum atomic E-state index is -4.25. The van der Waals surface area contributed by atoms with Crippen LogP contribution in [0.15, 0.2) is 18.2 Å². The Hall–Kier alpha value is -1.83. The van der Waals surface area contributed by atoms with E-state index in [-0.39, 0.29) is 37.4 Å². The van der Waals surface area contributed by atoms with Gasteiger partial charge in [0, 0.05) is 37.4 Å². The number of nitrogen functional groups attached to an aromatic ring is 1. The number of rotatable bonds is 2. The minimum absolute atomic E-state index is 0.108. The summed E-state index contributed by atoms with van der Waals surface area (Å²) in [6.07, 6.45) is -4.25. The van der Waals surface area contributed by atoms with Crippen molar-refractivity contribution in [1.29, 1.82) is 0 Å². The molecule has 1 fully saturated rings. The highest BCUT2D eigenvalue weighted by Gasteiger charge is 2.33. The zero-order chi connectivity index (χ0) is 15.6. The molecule has 0 atom stereocenters. The lowest BCUT2D eigenvalue weighted by Gasteiger charge is -2.35. The number of carbonyl (C=O) groups excluding carboxylic acids is 1. The summed E-state index contributed by atoms with van der Waals surface area (Å²) in [7, 11) is 0. The zero-order valence-corrected chi connectivity index (χ0v) is 11.2. The van der Waals surface area contributed by atoms with E-state index in [0.717, 1.165) is 12.1 Å². The van der Waals surface area contributed by atoms with Crippen LogP contribution in [0.1, 0.15) is 10.4 Å². The molecule has 1 heterocycles. The molecule has 8 heteroatoms. The minimum Gasteiger partial charge on any atom is -0.399 e. The van der Waals surface area contributed by atoms with Crippen molar-refractivity contribution in [1.82, 2.24) is 9.80 Å². The Bertz CT molecular complexity index is 504. The van der Waals surface area contributed by atoms with Crippen molar-refractivity contribution in [3.8, 4) is 0 Å². The van der Waals surface area contributed by atoms with Gasteiger partial charge >= 0.3 is 6.18 Å². The van der Waals surface area contributed by atoms with Gasteiger partial charge in [0.15, 0.2) is 0 Å². The molecule has 4 nitrogen and oxygen atoms in total. The fourth-order valence-electron chi connectivity index (χ4n) is 2.28. The molecule has 1 aliphatic rings. The molecule has 0 aromatic heterocycles. The number of nitrogens with zero attached hydrogens (tertiary/aromatic N) is 2. The van der Waals surface area contributed by atoms with Crippen molar-refractivity contribution < 1.29 is 22.4 Å². The van der Waals surface area contributed by atoms with Gasteiger partial charge in [-0.3, -0.25) is 9.69 Å². The van der Waals surface area contributed by atoms with Crippen LogP contribution in [0, 0.1) is 5.82 Å². The largest absolute Gasteiger partial charge is 0.401 e. The normalized spacial score (nSPS) is 17.0. The summed E-state index contributed by atoms with van der Waals surface area (Å²) in [5.74, 6) is -1.04. The highest BCUT2D eigenvalue weighted by atomic mass is 19.4. The van der Waals surface area contributed by atoms with Gasteiger partial charge in [-0.05, 0) is 18.2 Å². The first-order chi connectivity index (χ1) is 9.74. The lowest BCUT2D eigenvalue weighted by atomic mass is 10.1. The van der Waals surface area contributed by atoms with E-state index >= 15 is 0 Å². The fourth-order valence-corrected chi connectivity index (χ4v) is 2.28. The van der Waals surface area contributed by atoms with Crippen LogP contribution in [0.2, 0.25) is 0 Å². The summed E-state index contributed by atoms with van der Waals surface area (Å²) in [5, 5.41) is 0. The van der Waals surface area contributed by atoms with Gasteiger partial charge in [0.1, 0.15) is 5.82 Å². The molecule has 0 bridgehead atoms. The van der Waals surface area contributed by atoms with E-state index in [4.69, 9.17) is 5.73 Å². The maximum atomic E-state index is 13.2. The van der Waals surface area contributed by atoms with Crippen molar-refractivity contribution in [2.45, 2.75) is 6.18 Å². The third-order valence-corrected chi connectivity index (χ3v) is 3.23. The van der Waals surface area contributed by atoms with Gasteiger partial charge in [-0.15, -0.1) is 0 Å². The second-order valence-corrected chi connectivity index (χ2v) is 4.96.